The number of allylic oxidation sites excluding steroid dienone is 1. The number of carbonyl (C=O) groups excluding carboxylic acids is 1. The maximum atomic E-state index is 11.9. The van der Waals surface area contributed by atoms with Gasteiger partial charge < -0.3 is 10.1 Å². The molecule has 3 aliphatic carbocycles. The summed E-state index contributed by atoms with van der Waals surface area (Å²) in [7, 11) is 1.49. The van der Waals surface area contributed by atoms with Crippen molar-refractivity contribution in [2.24, 2.45) is 21.8 Å². The van der Waals surface area contributed by atoms with Gasteiger partial charge in [0.15, 0.2) is 0 Å². The van der Waals surface area contributed by atoms with E-state index >= 15 is 0 Å². The van der Waals surface area contributed by atoms with E-state index in [2.05, 4.69) is 35.7 Å². The van der Waals surface area contributed by atoms with E-state index in [1.54, 1.807) is 0 Å². The summed E-state index contributed by atoms with van der Waals surface area (Å²) in [6.45, 7) is 0. The smallest absolute Gasteiger partial charge is 0.308 e. The van der Waals surface area contributed by atoms with Crippen LogP contribution in [-0.4, -0.2) is 30.8 Å². The van der Waals surface area contributed by atoms with E-state index in [0.29, 0.717) is 5.92 Å². The number of aliphatic imine (C=N–C) groups is 2. The summed E-state index contributed by atoms with van der Waals surface area (Å²) in [6.07, 6.45) is 13.6. The molecule has 1 N–H and O–H groups in total. The molecule has 5 heteroatoms. The van der Waals surface area contributed by atoms with Crippen molar-refractivity contribution >= 4 is 23.2 Å². The Morgan fingerprint density at radius 1 is 1.19 bits per heavy atom. The maximum Gasteiger partial charge on any atom is 0.308 e. The lowest BCUT2D eigenvalue weighted by molar-refractivity contribution is -0.145. The third kappa shape index (κ3) is 4.46. The number of amidine groups is 1. The first-order chi connectivity index (χ1) is 15.2. The number of nitrogens with zero attached hydrogens (tertiary/aromatic N) is 2. The second kappa shape index (κ2) is 8.97. The minimum atomic E-state index is -0.0666. The Morgan fingerprint density at radius 2 is 2.06 bits per heavy atom. The minimum absolute atomic E-state index is 0.0342. The number of carbonyl (C=O) groups is 1. The normalized spacial score (nSPS) is 28.0. The van der Waals surface area contributed by atoms with Gasteiger partial charge in [0.05, 0.1) is 13.0 Å². The molecule has 31 heavy (non-hydrogen) atoms. The van der Waals surface area contributed by atoms with Crippen molar-refractivity contribution in [3.8, 4) is 0 Å². The first kappa shape index (κ1) is 20.5. The van der Waals surface area contributed by atoms with Crippen LogP contribution in [0, 0.1) is 11.8 Å². The zero-order chi connectivity index (χ0) is 21.2. The van der Waals surface area contributed by atoms with Gasteiger partial charge in [-0.15, -0.1) is 0 Å². The van der Waals surface area contributed by atoms with E-state index in [1.165, 1.54) is 49.6 Å². The number of methoxy groups -OCH3 is 1. The summed E-state index contributed by atoms with van der Waals surface area (Å²) >= 11 is 0. The summed E-state index contributed by atoms with van der Waals surface area (Å²) < 4.78 is 4.96. The van der Waals surface area contributed by atoms with Gasteiger partial charge in [-0.1, -0.05) is 43.9 Å². The fourth-order valence-electron chi connectivity index (χ4n) is 5.81. The fourth-order valence-corrected chi connectivity index (χ4v) is 5.81. The molecular weight excluding hydrogens is 386 g/mol. The first-order valence-corrected chi connectivity index (χ1v) is 12.0. The highest BCUT2D eigenvalue weighted by Gasteiger charge is 2.32. The topological polar surface area (TPSA) is 63.0 Å². The summed E-state index contributed by atoms with van der Waals surface area (Å²) in [6, 6.07) is 8.68. The standard InChI is InChI=1S/C26H33N3O2/c1-31-26(30)20-13-12-19(15-20)18-8-4-9-21(16-18)27-25-22-10-5-11-23(22)28-24(29-25)14-17-6-2-3-7-17/h4,8-10,16-17,19-20,25,27H,2-3,5-7,11-15H2,1H3. The molecule has 0 spiro atoms. The Kier molecular flexibility index (Phi) is 5.93. The van der Waals surface area contributed by atoms with Crippen LogP contribution >= 0.6 is 0 Å². The molecule has 3 atom stereocenters. The lowest BCUT2D eigenvalue weighted by Crippen LogP contribution is -2.29. The van der Waals surface area contributed by atoms with Gasteiger partial charge in [0.2, 0.25) is 0 Å². The molecule has 2 saturated carbocycles. The molecule has 0 aromatic heterocycles. The second-order valence-corrected chi connectivity index (χ2v) is 9.56. The van der Waals surface area contributed by atoms with Crippen molar-refractivity contribution in [3.05, 3.63) is 41.5 Å². The predicted octanol–water partition coefficient (Wildman–Crippen LogP) is 5.63. The van der Waals surface area contributed by atoms with Crippen LogP contribution in [0.2, 0.25) is 0 Å². The largest absolute Gasteiger partial charge is 0.469 e. The molecular formula is C26H33N3O2. The van der Waals surface area contributed by atoms with Gasteiger partial charge >= 0.3 is 5.97 Å². The molecule has 0 bridgehead atoms. The number of hydrogen-bond acceptors (Lipinski definition) is 5. The third-order valence-electron chi connectivity index (χ3n) is 7.49. The predicted molar refractivity (Wildman–Crippen MR) is 125 cm³/mol. The van der Waals surface area contributed by atoms with Crippen LogP contribution in [0.1, 0.15) is 75.7 Å². The van der Waals surface area contributed by atoms with E-state index in [4.69, 9.17) is 14.7 Å². The Bertz CT molecular complexity index is 926. The summed E-state index contributed by atoms with van der Waals surface area (Å²) in [5.74, 6) is 2.18. The Morgan fingerprint density at radius 3 is 2.90 bits per heavy atom. The van der Waals surface area contributed by atoms with Crippen LogP contribution in [0.4, 0.5) is 5.69 Å². The molecule has 1 aliphatic heterocycles. The average Bonchev–Trinajstić information content (AvgIpc) is 3.55. The van der Waals surface area contributed by atoms with E-state index < -0.39 is 0 Å². The second-order valence-electron chi connectivity index (χ2n) is 9.56. The van der Waals surface area contributed by atoms with Gasteiger partial charge in [-0.2, -0.15) is 0 Å². The molecule has 1 aromatic rings. The third-order valence-corrected chi connectivity index (χ3v) is 7.49. The van der Waals surface area contributed by atoms with Crippen molar-refractivity contribution in [2.75, 3.05) is 12.4 Å². The van der Waals surface area contributed by atoms with Gasteiger partial charge in [-0.25, -0.2) is 9.98 Å². The van der Waals surface area contributed by atoms with Crippen molar-refractivity contribution in [1.29, 1.82) is 0 Å². The van der Waals surface area contributed by atoms with Crippen molar-refractivity contribution in [3.63, 3.8) is 0 Å². The number of anilines is 1. The molecule has 2 fully saturated rings. The number of fused-ring (bicyclic) bond motifs is 1. The summed E-state index contributed by atoms with van der Waals surface area (Å²) in [4.78, 5) is 21.9. The van der Waals surface area contributed by atoms with Gasteiger partial charge in [0.1, 0.15) is 12.0 Å². The number of rotatable bonds is 6. The van der Waals surface area contributed by atoms with E-state index in [0.717, 1.165) is 56.0 Å². The van der Waals surface area contributed by atoms with Gasteiger partial charge in [-0.3, -0.25) is 4.79 Å². The maximum absolute atomic E-state index is 11.9. The first-order valence-electron chi connectivity index (χ1n) is 12.0. The van der Waals surface area contributed by atoms with Crippen molar-refractivity contribution < 1.29 is 9.53 Å². The van der Waals surface area contributed by atoms with Crippen LogP contribution in [0.25, 0.3) is 0 Å². The monoisotopic (exact) mass is 419 g/mol. The molecule has 4 aliphatic rings. The molecule has 1 heterocycles. The van der Waals surface area contributed by atoms with E-state index in [9.17, 15) is 4.79 Å². The Labute approximate surface area is 185 Å². The van der Waals surface area contributed by atoms with Gasteiger partial charge in [-0.05, 0) is 61.6 Å². The summed E-state index contributed by atoms with van der Waals surface area (Å²) in [5.41, 5.74) is 4.89. The zero-order valence-corrected chi connectivity index (χ0v) is 18.5. The highest BCUT2D eigenvalue weighted by molar-refractivity contribution is 6.11. The van der Waals surface area contributed by atoms with Gasteiger partial charge in [0.25, 0.3) is 0 Å². The number of nitrogens with one attached hydrogen (secondary N) is 1. The number of esters is 1. The Hall–Kier alpha value is -2.43. The number of ether oxygens (including phenoxy) is 1. The van der Waals surface area contributed by atoms with E-state index in [-0.39, 0.29) is 18.1 Å². The van der Waals surface area contributed by atoms with Crippen LogP contribution in [0.15, 0.2) is 45.9 Å². The Balaban J connectivity index is 1.31. The fraction of sp³-hybridized carbons (Fsp3) is 0.577. The summed E-state index contributed by atoms with van der Waals surface area (Å²) in [5, 5.41) is 3.69. The quantitative estimate of drug-likeness (QED) is 0.607. The molecule has 0 radical (unpaired) electrons. The van der Waals surface area contributed by atoms with Crippen LogP contribution in [-0.2, 0) is 9.53 Å². The highest BCUT2D eigenvalue weighted by Crippen LogP contribution is 2.39. The van der Waals surface area contributed by atoms with E-state index in [1.807, 2.05) is 0 Å². The molecule has 0 saturated heterocycles. The minimum Gasteiger partial charge on any atom is -0.469 e. The lowest BCUT2D eigenvalue weighted by atomic mass is 9.95. The molecule has 5 nitrogen and oxygen atoms in total. The van der Waals surface area contributed by atoms with Crippen LogP contribution in [0.3, 0.4) is 0 Å². The molecule has 164 valence electrons. The average molecular weight is 420 g/mol. The molecule has 1 aromatic carbocycles. The van der Waals surface area contributed by atoms with Crippen LogP contribution < -0.4 is 5.32 Å². The lowest BCUT2D eigenvalue weighted by Gasteiger charge is -2.24. The number of benzene rings is 1. The van der Waals surface area contributed by atoms with Crippen molar-refractivity contribution in [2.45, 2.75) is 76.3 Å². The molecule has 5 rings (SSSR count). The molecule has 0 amide bonds. The van der Waals surface area contributed by atoms with Crippen molar-refractivity contribution in [1.82, 2.24) is 0 Å². The number of hydrogen-bond donors (Lipinski definition) is 1. The highest BCUT2D eigenvalue weighted by atomic mass is 16.5. The SMILES string of the molecule is COC(=O)C1CCC(c2cccc(NC3N=C(CC4CCCC4)N=C4CCC=C43)c2)C1. The van der Waals surface area contributed by atoms with Gasteiger partial charge in [0, 0.05) is 23.4 Å². The van der Waals surface area contributed by atoms with Crippen LogP contribution in [0.5, 0.6) is 0 Å². The molecule has 3 unspecified atom stereocenters. The zero-order valence-electron chi connectivity index (χ0n) is 18.5.